The minimum absolute atomic E-state index is 0.181. The summed E-state index contributed by atoms with van der Waals surface area (Å²) in [4.78, 5) is 13.8. The molecule has 0 bridgehead atoms. The van der Waals surface area contributed by atoms with Crippen LogP contribution in [0.1, 0.15) is 38.2 Å². The van der Waals surface area contributed by atoms with Gasteiger partial charge in [0.25, 0.3) is 0 Å². The van der Waals surface area contributed by atoms with Gasteiger partial charge in [0.2, 0.25) is 5.91 Å². The number of rotatable bonds is 6. The van der Waals surface area contributed by atoms with Crippen LogP contribution in [0.4, 0.5) is 5.69 Å². The molecule has 0 radical (unpaired) electrons. The number of nitrogens with zero attached hydrogens (tertiary/aromatic N) is 1. The summed E-state index contributed by atoms with van der Waals surface area (Å²) >= 11 is 3.65. The van der Waals surface area contributed by atoms with Gasteiger partial charge in [0.1, 0.15) is 6.04 Å². The maximum absolute atomic E-state index is 11.6. The highest BCUT2D eigenvalue weighted by atomic mass is 79.9. The number of nitrogens with two attached hydrogens (primary N) is 1. The quantitative estimate of drug-likeness (QED) is 0.773. The molecule has 1 amide bonds. The van der Waals surface area contributed by atoms with Crippen LogP contribution >= 0.6 is 15.9 Å². The molecule has 0 aliphatic carbocycles. The van der Waals surface area contributed by atoms with E-state index >= 15 is 0 Å². The van der Waals surface area contributed by atoms with Crippen LogP contribution in [0.5, 0.6) is 0 Å². The van der Waals surface area contributed by atoms with Crippen LogP contribution in [0.2, 0.25) is 0 Å². The zero-order chi connectivity index (χ0) is 15.2. The molecule has 5 heteroatoms. The average Bonchev–Trinajstić information content (AvgIpc) is 2.48. The summed E-state index contributed by atoms with van der Waals surface area (Å²) in [6, 6.07) is 6.16. The van der Waals surface area contributed by atoms with Crippen molar-refractivity contribution in [2.24, 2.45) is 5.73 Å². The van der Waals surface area contributed by atoms with Gasteiger partial charge >= 0.3 is 0 Å². The first-order valence-corrected chi connectivity index (χ1v) is 8.48. The van der Waals surface area contributed by atoms with E-state index in [1.54, 1.807) is 0 Å². The fraction of sp³-hybridized carbons (Fsp3) is 0.562. The third-order valence-electron chi connectivity index (χ3n) is 3.91. The summed E-state index contributed by atoms with van der Waals surface area (Å²) in [6.07, 6.45) is 4.16. The lowest BCUT2D eigenvalue weighted by atomic mass is 10.0. The van der Waals surface area contributed by atoms with Crippen LogP contribution in [-0.2, 0) is 11.3 Å². The van der Waals surface area contributed by atoms with E-state index in [1.807, 2.05) is 0 Å². The van der Waals surface area contributed by atoms with Crippen LogP contribution in [0, 0.1) is 0 Å². The van der Waals surface area contributed by atoms with Gasteiger partial charge in [0, 0.05) is 17.6 Å². The number of carbonyl (C=O) groups excluding carboxylic acids is 1. The molecule has 1 fully saturated rings. The van der Waals surface area contributed by atoms with Crippen molar-refractivity contribution in [3.8, 4) is 0 Å². The Bertz CT molecular complexity index is 492. The highest BCUT2D eigenvalue weighted by molar-refractivity contribution is 9.10. The predicted molar refractivity (Wildman–Crippen MR) is 90.3 cm³/mol. The van der Waals surface area contributed by atoms with Gasteiger partial charge in [-0.05, 0) is 65.9 Å². The van der Waals surface area contributed by atoms with Crippen molar-refractivity contribution in [3.05, 3.63) is 28.2 Å². The number of piperidine rings is 1. The van der Waals surface area contributed by atoms with Crippen molar-refractivity contribution in [2.75, 3.05) is 18.0 Å². The van der Waals surface area contributed by atoms with Crippen LogP contribution in [0.25, 0.3) is 0 Å². The minimum Gasteiger partial charge on any atom is -0.368 e. The molecule has 1 heterocycles. The fourth-order valence-corrected chi connectivity index (χ4v) is 3.47. The van der Waals surface area contributed by atoms with E-state index in [0.29, 0.717) is 0 Å². The summed E-state index contributed by atoms with van der Waals surface area (Å²) < 4.78 is 1.03. The molecular formula is C16H24BrN3O. The standard InChI is InChI=1S/C16H24BrN3O/c1-2-8-19-11-12-6-7-14(13(17)10-12)20-9-4-3-5-15(20)16(18)21/h6-7,10,15,19H,2-5,8-9,11H2,1H3,(H2,18,21). The molecule has 1 aliphatic rings. The Labute approximate surface area is 135 Å². The van der Waals surface area contributed by atoms with Gasteiger partial charge in [-0.3, -0.25) is 4.79 Å². The second-order valence-corrected chi connectivity index (χ2v) is 6.42. The monoisotopic (exact) mass is 353 g/mol. The number of hydrogen-bond donors (Lipinski definition) is 2. The maximum Gasteiger partial charge on any atom is 0.240 e. The summed E-state index contributed by atoms with van der Waals surface area (Å²) in [7, 11) is 0. The second-order valence-electron chi connectivity index (χ2n) is 5.57. The van der Waals surface area contributed by atoms with Gasteiger partial charge in [-0.2, -0.15) is 0 Å². The maximum atomic E-state index is 11.6. The summed E-state index contributed by atoms with van der Waals surface area (Å²) in [6.45, 7) is 4.94. The molecule has 0 spiro atoms. The molecule has 116 valence electrons. The molecule has 0 aromatic heterocycles. The Morgan fingerprint density at radius 3 is 2.95 bits per heavy atom. The third kappa shape index (κ3) is 4.20. The molecule has 1 unspecified atom stereocenters. The molecule has 0 saturated carbocycles. The molecule has 1 aromatic rings. The number of anilines is 1. The van der Waals surface area contributed by atoms with Gasteiger partial charge in [-0.1, -0.05) is 13.0 Å². The van der Waals surface area contributed by atoms with Crippen LogP contribution in [0.3, 0.4) is 0 Å². The molecule has 1 aromatic carbocycles. The van der Waals surface area contributed by atoms with E-state index in [9.17, 15) is 4.79 Å². The Hall–Kier alpha value is -1.07. The number of primary amides is 1. The number of hydrogen-bond acceptors (Lipinski definition) is 3. The highest BCUT2D eigenvalue weighted by Crippen LogP contribution is 2.32. The summed E-state index contributed by atoms with van der Waals surface area (Å²) in [5.41, 5.74) is 7.86. The SMILES string of the molecule is CCCNCc1ccc(N2CCCCC2C(N)=O)c(Br)c1. The number of nitrogens with one attached hydrogen (secondary N) is 1. The fourth-order valence-electron chi connectivity index (χ4n) is 2.82. The van der Waals surface area contributed by atoms with Gasteiger partial charge < -0.3 is 16.0 Å². The van der Waals surface area contributed by atoms with Gasteiger partial charge in [-0.15, -0.1) is 0 Å². The van der Waals surface area contributed by atoms with E-state index in [-0.39, 0.29) is 11.9 Å². The smallest absolute Gasteiger partial charge is 0.240 e. The summed E-state index contributed by atoms with van der Waals surface area (Å²) in [5, 5.41) is 3.40. The van der Waals surface area contributed by atoms with E-state index in [4.69, 9.17) is 5.73 Å². The first-order valence-electron chi connectivity index (χ1n) is 7.68. The van der Waals surface area contributed by atoms with Crippen LogP contribution in [0.15, 0.2) is 22.7 Å². The Balaban J connectivity index is 2.13. The number of benzene rings is 1. The molecule has 1 saturated heterocycles. The lowest BCUT2D eigenvalue weighted by Gasteiger charge is -2.36. The normalized spacial score (nSPS) is 18.8. The highest BCUT2D eigenvalue weighted by Gasteiger charge is 2.28. The third-order valence-corrected chi connectivity index (χ3v) is 4.54. The predicted octanol–water partition coefficient (Wildman–Crippen LogP) is 2.79. The molecule has 1 aliphatic heterocycles. The Morgan fingerprint density at radius 1 is 1.48 bits per heavy atom. The average molecular weight is 354 g/mol. The lowest BCUT2D eigenvalue weighted by Crippen LogP contribution is -2.48. The van der Waals surface area contributed by atoms with Crippen molar-refractivity contribution >= 4 is 27.5 Å². The first kappa shape index (κ1) is 16.3. The van der Waals surface area contributed by atoms with Gasteiger partial charge in [0.05, 0.1) is 5.69 Å². The minimum atomic E-state index is -0.227. The van der Waals surface area contributed by atoms with Crippen molar-refractivity contribution < 1.29 is 4.79 Å². The van der Waals surface area contributed by atoms with Crippen LogP contribution in [-0.4, -0.2) is 25.0 Å². The Kier molecular flexibility index (Phi) is 6.06. The van der Waals surface area contributed by atoms with E-state index in [2.05, 4.69) is 51.3 Å². The summed E-state index contributed by atoms with van der Waals surface area (Å²) in [5.74, 6) is -0.227. The van der Waals surface area contributed by atoms with E-state index in [0.717, 1.165) is 55.5 Å². The van der Waals surface area contributed by atoms with Crippen molar-refractivity contribution in [1.29, 1.82) is 0 Å². The molecular weight excluding hydrogens is 330 g/mol. The molecule has 3 N–H and O–H groups in total. The molecule has 1 atom stereocenters. The second kappa shape index (κ2) is 7.80. The number of amides is 1. The molecule has 4 nitrogen and oxygen atoms in total. The Morgan fingerprint density at radius 2 is 2.29 bits per heavy atom. The zero-order valence-corrected chi connectivity index (χ0v) is 14.2. The zero-order valence-electron chi connectivity index (χ0n) is 12.6. The van der Waals surface area contributed by atoms with Gasteiger partial charge in [-0.25, -0.2) is 0 Å². The first-order chi connectivity index (χ1) is 10.1. The molecule has 21 heavy (non-hydrogen) atoms. The topological polar surface area (TPSA) is 58.4 Å². The van der Waals surface area contributed by atoms with Crippen molar-refractivity contribution in [3.63, 3.8) is 0 Å². The van der Waals surface area contributed by atoms with E-state index < -0.39 is 0 Å². The number of halogens is 1. The lowest BCUT2D eigenvalue weighted by molar-refractivity contribution is -0.119. The van der Waals surface area contributed by atoms with Gasteiger partial charge in [0.15, 0.2) is 0 Å². The van der Waals surface area contributed by atoms with Crippen molar-refractivity contribution in [2.45, 2.75) is 45.2 Å². The van der Waals surface area contributed by atoms with Crippen LogP contribution < -0.4 is 16.0 Å². The van der Waals surface area contributed by atoms with Crippen molar-refractivity contribution in [1.82, 2.24) is 5.32 Å². The molecule has 2 rings (SSSR count). The van der Waals surface area contributed by atoms with E-state index in [1.165, 1.54) is 5.56 Å². The largest absolute Gasteiger partial charge is 0.368 e. The number of carbonyl (C=O) groups is 1.